The molecule has 0 saturated heterocycles. The van der Waals surface area contributed by atoms with E-state index in [1.165, 1.54) is 0 Å². The van der Waals surface area contributed by atoms with Gasteiger partial charge in [0.15, 0.2) is 0 Å². The maximum atomic E-state index is 12.6. The second kappa shape index (κ2) is 7.35. The highest BCUT2D eigenvalue weighted by molar-refractivity contribution is 5.76. The normalized spacial score (nSPS) is 16.2. The summed E-state index contributed by atoms with van der Waals surface area (Å²) < 4.78 is 3.57. The van der Waals surface area contributed by atoms with Crippen LogP contribution in [-0.4, -0.2) is 24.3 Å². The van der Waals surface area contributed by atoms with Crippen molar-refractivity contribution in [2.75, 3.05) is 5.32 Å². The summed E-state index contributed by atoms with van der Waals surface area (Å²) in [7, 11) is 0. The number of rotatable bonds is 4. The molecule has 0 radical (unpaired) electrons. The third-order valence-corrected chi connectivity index (χ3v) is 5.12. The Morgan fingerprint density at radius 1 is 1.10 bits per heavy atom. The first-order valence-corrected chi connectivity index (χ1v) is 9.70. The van der Waals surface area contributed by atoms with E-state index in [1.54, 1.807) is 33.8 Å². The highest BCUT2D eigenvalue weighted by atomic mass is 16.1. The standard InChI is InChI=1S/C22H20N6O/c29-20-12-7-16-15-23-22(26-21(16)28(20)19-5-2-1-3-6-19)25-17-8-10-18(11-9-17)27-14-4-13-24-27/h2,4-5,7-15,19H,1,3,6H2,(H,23,25,26). The lowest BCUT2D eigenvalue weighted by Crippen LogP contribution is -2.25. The lowest BCUT2D eigenvalue weighted by molar-refractivity contribution is 0.515. The lowest BCUT2D eigenvalue weighted by Gasteiger charge is -2.20. The molecule has 29 heavy (non-hydrogen) atoms. The molecule has 0 amide bonds. The zero-order valence-corrected chi connectivity index (χ0v) is 15.8. The molecular weight excluding hydrogens is 364 g/mol. The smallest absolute Gasteiger partial charge is 0.252 e. The molecule has 0 saturated carbocycles. The van der Waals surface area contributed by atoms with Crippen molar-refractivity contribution < 1.29 is 0 Å². The summed E-state index contributed by atoms with van der Waals surface area (Å²) in [6.45, 7) is 0. The molecule has 7 nitrogen and oxygen atoms in total. The van der Waals surface area contributed by atoms with Gasteiger partial charge in [0.2, 0.25) is 5.95 Å². The van der Waals surface area contributed by atoms with E-state index in [0.717, 1.165) is 36.0 Å². The highest BCUT2D eigenvalue weighted by Gasteiger charge is 2.16. The van der Waals surface area contributed by atoms with Crippen molar-refractivity contribution in [3.8, 4) is 5.69 Å². The fourth-order valence-electron chi connectivity index (χ4n) is 3.68. The van der Waals surface area contributed by atoms with E-state index >= 15 is 0 Å². The maximum absolute atomic E-state index is 12.6. The van der Waals surface area contributed by atoms with Crippen LogP contribution >= 0.6 is 0 Å². The zero-order chi connectivity index (χ0) is 19.6. The van der Waals surface area contributed by atoms with Gasteiger partial charge in [-0.1, -0.05) is 12.2 Å². The van der Waals surface area contributed by atoms with Crippen LogP contribution in [0, 0.1) is 0 Å². The van der Waals surface area contributed by atoms with Crippen molar-refractivity contribution in [1.29, 1.82) is 0 Å². The Bertz CT molecular complexity index is 1220. The fraction of sp³-hybridized carbons (Fsp3) is 0.182. The number of nitrogens with zero attached hydrogens (tertiary/aromatic N) is 5. The van der Waals surface area contributed by atoms with E-state index < -0.39 is 0 Å². The number of hydrogen-bond donors (Lipinski definition) is 1. The zero-order valence-electron chi connectivity index (χ0n) is 15.8. The molecule has 3 aromatic heterocycles. The van der Waals surface area contributed by atoms with Crippen molar-refractivity contribution in [2.45, 2.75) is 25.3 Å². The van der Waals surface area contributed by atoms with Gasteiger partial charge in [0, 0.05) is 35.7 Å². The van der Waals surface area contributed by atoms with Gasteiger partial charge >= 0.3 is 0 Å². The largest absolute Gasteiger partial charge is 0.324 e. The summed E-state index contributed by atoms with van der Waals surface area (Å²) in [5.74, 6) is 0.462. The van der Waals surface area contributed by atoms with Gasteiger partial charge in [-0.15, -0.1) is 0 Å². The molecule has 1 unspecified atom stereocenters. The van der Waals surface area contributed by atoms with Crippen molar-refractivity contribution in [3.05, 3.63) is 83.6 Å². The van der Waals surface area contributed by atoms with Crippen molar-refractivity contribution in [1.82, 2.24) is 24.3 Å². The molecule has 0 spiro atoms. The van der Waals surface area contributed by atoms with Gasteiger partial charge in [-0.25, -0.2) is 9.67 Å². The maximum Gasteiger partial charge on any atom is 0.252 e. The number of fused-ring (bicyclic) bond motifs is 1. The summed E-state index contributed by atoms with van der Waals surface area (Å²) in [6.07, 6.45) is 12.7. The van der Waals surface area contributed by atoms with Crippen molar-refractivity contribution in [3.63, 3.8) is 0 Å². The molecule has 1 aliphatic rings. The van der Waals surface area contributed by atoms with Crippen LogP contribution in [-0.2, 0) is 0 Å². The Morgan fingerprint density at radius 3 is 2.76 bits per heavy atom. The first-order valence-electron chi connectivity index (χ1n) is 9.70. The van der Waals surface area contributed by atoms with Gasteiger partial charge in [-0.05, 0) is 55.7 Å². The molecule has 144 valence electrons. The van der Waals surface area contributed by atoms with Gasteiger partial charge in [0.25, 0.3) is 5.56 Å². The number of aromatic nitrogens is 5. The Kier molecular flexibility index (Phi) is 4.40. The first kappa shape index (κ1) is 17.4. The summed E-state index contributed by atoms with van der Waals surface area (Å²) in [5.41, 5.74) is 2.45. The van der Waals surface area contributed by atoms with Crippen LogP contribution in [0.25, 0.3) is 16.7 Å². The number of nitrogens with one attached hydrogen (secondary N) is 1. The van der Waals surface area contributed by atoms with E-state index in [0.29, 0.717) is 11.6 Å². The summed E-state index contributed by atoms with van der Waals surface area (Å²) >= 11 is 0. The van der Waals surface area contributed by atoms with E-state index in [4.69, 9.17) is 0 Å². The minimum Gasteiger partial charge on any atom is -0.324 e. The second-order valence-electron chi connectivity index (χ2n) is 7.06. The van der Waals surface area contributed by atoms with Crippen LogP contribution in [0.1, 0.15) is 25.3 Å². The molecule has 7 heteroatoms. The average molecular weight is 384 g/mol. The lowest BCUT2D eigenvalue weighted by atomic mass is 10.0. The monoisotopic (exact) mass is 384 g/mol. The Labute approximate surface area is 167 Å². The molecule has 0 bridgehead atoms. The van der Waals surface area contributed by atoms with Crippen LogP contribution < -0.4 is 10.9 Å². The van der Waals surface area contributed by atoms with E-state index in [9.17, 15) is 4.79 Å². The molecule has 5 rings (SSSR count). The van der Waals surface area contributed by atoms with Crippen LogP contribution in [0.2, 0.25) is 0 Å². The minimum atomic E-state index is -0.0396. The Morgan fingerprint density at radius 2 is 2.00 bits per heavy atom. The molecule has 1 N–H and O–H groups in total. The molecular formula is C22H20N6O. The third-order valence-electron chi connectivity index (χ3n) is 5.12. The third kappa shape index (κ3) is 3.42. The van der Waals surface area contributed by atoms with Crippen molar-refractivity contribution >= 4 is 22.7 Å². The molecule has 0 aliphatic heterocycles. The number of hydrogen-bond acceptors (Lipinski definition) is 5. The van der Waals surface area contributed by atoms with Crippen LogP contribution in [0.5, 0.6) is 0 Å². The topological polar surface area (TPSA) is 77.6 Å². The predicted octanol–water partition coefficient (Wildman–Crippen LogP) is 4.00. The summed E-state index contributed by atoms with van der Waals surface area (Å²) in [6, 6.07) is 13.1. The molecule has 0 fully saturated rings. The molecule has 1 aliphatic carbocycles. The van der Waals surface area contributed by atoms with E-state index in [-0.39, 0.29) is 11.6 Å². The fourth-order valence-corrected chi connectivity index (χ4v) is 3.68. The molecule has 1 atom stereocenters. The van der Waals surface area contributed by atoms with Gasteiger partial charge in [-0.3, -0.25) is 9.36 Å². The van der Waals surface area contributed by atoms with E-state index in [2.05, 4.69) is 32.5 Å². The van der Waals surface area contributed by atoms with E-state index in [1.807, 2.05) is 36.5 Å². The summed E-state index contributed by atoms with van der Waals surface area (Å²) in [4.78, 5) is 21.7. The predicted molar refractivity (Wildman–Crippen MR) is 113 cm³/mol. The molecule has 1 aromatic carbocycles. The number of benzene rings is 1. The van der Waals surface area contributed by atoms with Crippen molar-refractivity contribution in [2.24, 2.45) is 0 Å². The Hall–Kier alpha value is -3.74. The van der Waals surface area contributed by atoms with Gasteiger partial charge in [0.1, 0.15) is 5.65 Å². The van der Waals surface area contributed by atoms with Gasteiger partial charge in [-0.2, -0.15) is 10.1 Å². The van der Waals surface area contributed by atoms with Crippen LogP contribution in [0.4, 0.5) is 11.6 Å². The number of allylic oxidation sites excluding steroid dienone is 2. The SMILES string of the molecule is O=c1ccc2cnc(Nc3ccc(-n4cccn4)cc3)nc2n1C1C=CCCC1. The summed E-state index contributed by atoms with van der Waals surface area (Å²) in [5, 5.41) is 8.31. The quantitative estimate of drug-likeness (QED) is 0.538. The molecule has 4 aromatic rings. The number of pyridine rings is 1. The number of anilines is 2. The highest BCUT2D eigenvalue weighted by Crippen LogP contribution is 2.24. The molecule has 3 heterocycles. The Balaban J connectivity index is 1.48. The van der Waals surface area contributed by atoms with Crippen LogP contribution in [0.3, 0.4) is 0 Å². The minimum absolute atomic E-state index is 0.0380. The second-order valence-corrected chi connectivity index (χ2v) is 7.06. The van der Waals surface area contributed by atoms with Gasteiger partial charge in [0.05, 0.1) is 11.7 Å². The average Bonchev–Trinajstić information content (AvgIpc) is 3.30. The van der Waals surface area contributed by atoms with Crippen LogP contribution in [0.15, 0.2) is 78.0 Å². The first-order chi connectivity index (χ1) is 14.3. The van der Waals surface area contributed by atoms with Gasteiger partial charge < -0.3 is 5.32 Å².